The molecule has 0 saturated carbocycles. The number of pyridine rings is 1. The molecule has 100 valence electrons. The second-order valence-corrected chi connectivity index (χ2v) is 4.51. The lowest BCUT2D eigenvalue weighted by atomic mass is 9.98. The molecule has 0 N–H and O–H groups in total. The zero-order valence-corrected chi connectivity index (χ0v) is 11.0. The van der Waals surface area contributed by atoms with E-state index in [1.54, 1.807) is 12.1 Å². The van der Waals surface area contributed by atoms with Crippen LogP contribution in [-0.2, 0) is 4.74 Å². The van der Waals surface area contributed by atoms with Gasteiger partial charge >= 0.3 is 0 Å². The molecule has 1 heterocycles. The predicted molar refractivity (Wildman–Crippen MR) is 71.1 cm³/mol. The summed E-state index contributed by atoms with van der Waals surface area (Å²) in [6.45, 7) is 2.61. The number of aromatic nitrogens is 1. The highest BCUT2D eigenvalue weighted by molar-refractivity contribution is 6.22. The van der Waals surface area contributed by atoms with Gasteiger partial charge in [-0.2, -0.15) is 0 Å². The summed E-state index contributed by atoms with van der Waals surface area (Å²) in [4.78, 5) is 27.8. The zero-order chi connectivity index (χ0) is 13.7. The second kappa shape index (κ2) is 6.27. The molecule has 1 aliphatic rings. The largest absolute Gasteiger partial charge is 0.489 e. The van der Waals surface area contributed by atoms with Crippen LogP contribution in [0, 0.1) is 0 Å². The van der Waals surface area contributed by atoms with Gasteiger partial charge in [-0.3, -0.25) is 14.6 Å². The Balaban J connectivity index is 2.00. The summed E-state index contributed by atoms with van der Waals surface area (Å²) >= 11 is 0. The molecule has 0 radical (unpaired) electrons. The van der Waals surface area contributed by atoms with Crippen LogP contribution in [0.4, 0.5) is 0 Å². The number of rotatable bonds is 6. The Bertz CT molecular complexity index is 520. The van der Waals surface area contributed by atoms with Gasteiger partial charge in [0.05, 0.1) is 12.2 Å². The van der Waals surface area contributed by atoms with Gasteiger partial charge in [0, 0.05) is 12.3 Å². The van der Waals surface area contributed by atoms with Crippen LogP contribution in [0.15, 0.2) is 30.2 Å². The van der Waals surface area contributed by atoms with E-state index in [0.717, 1.165) is 25.7 Å². The van der Waals surface area contributed by atoms with Gasteiger partial charge in [-0.05, 0) is 18.6 Å². The summed E-state index contributed by atoms with van der Waals surface area (Å²) in [6.07, 6.45) is 7.03. The summed E-state index contributed by atoms with van der Waals surface area (Å²) in [5, 5.41) is 0. The second-order valence-electron chi connectivity index (χ2n) is 4.51. The smallest absolute Gasteiger partial charge is 0.230 e. The Morgan fingerprint density at radius 2 is 2.05 bits per heavy atom. The van der Waals surface area contributed by atoms with Crippen molar-refractivity contribution in [2.24, 2.45) is 0 Å². The number of nitrogens with zero attached hydrogens (tertiary/aromatic N) is 1. The first-order valence-corrected chi connectivity index (χ1v) is 6.62. The third kappa shape index (κ3) is 3.08. The minimum Gasteiger partial charge on any atom is -0.489 e. The Kier molecular flexibility index (Phi) is 4.44. The van der Waals surface area contributed by atoms with Crippen molar-refractivity contribution in [1.29, 1.82) is 0 Å². The van der Waals surface area contributed by atoms with Crippen LogP contribution >= 0.6 is 0 Å². The molecule has 0 aromatic carbocycles. The van der Waals surface area contributed by atoms with E-state index in [1.807, 2.05) is 0 Å². The van der Waals surface area contributed by atoms with Crippen LogP contribution in [0.3, 0.4) is 0 Å². The number of fused-ring (bicyclic) bond motifs is 1. The van der Waals surface area contributed by atoms with Crippen molar-refractivity contribution in [3.63, 3.8) is 0 Å². The number of carbonyl (C=O) groups is 2. The molecule has 0 unspecified atom stereocenters. The maximum Gasteiger partial charge on any atom is 0.230 e. The van der Waals surface area contributed by atoms with Crippen molar-refractivity contribution in [3.8, 4) is 0 Å². The number of unbranched alkanes of at least 4 members (excludes halogenated alkanes) is 3. The minimum absolute atomic E-state index is 0.141. The van der Waals surface area contributed by atoms with Gasteiger partial charge in [0.1, 0.15) is 5.69 Å². The molecule has 0 spiro atoms. The summed E-state index contributed by atoms with van der Waals surface area (Å²) < 4.78 is 5.43. The molecule has 0 atom stereocenters. The molecule has 2 rings (SSSR count). The number of ether oxygens (including phenoxy) is 1. The molecule has 0 saturated heterocycles. The van der Waals surface area contributed by atoms with Crippen LogP contribution in [0.2, 0.25) is 0 Å². The highest BCUT2D eigenvalue weighted by atomic mass is 16.5. The maximum atomic E-state index is 12.1. The molecule has 0 bridgehead atoms. The van der Waals surface area contributed by atoms with Crippen LogP contribution in [0.25, 0.3) is 0 Å². The average molecular weight is 259 g/mol. The summed E-state index contributed by atoms with van der Waals surface area (Å²) in [5.41, 5.74) is 0.546. The number of hydrogen-bond donors (Lipinski definition) is 0. The van der Waals surface area contributed by atoms with E-state index >= 15 is 0 Å². The third-order valence-electron chi connectivity index (χ3n) is 3.03. The van der Waals surface area contributed by atoms with E-state index in [0.29, 0.717) is 12.2 Å². The van der Waals surface area contributed by atoms with Crippen molar-refractivity contribution in [2.45, 2.75) is 32.6 Å². The van der Waals surface area contributed by atoms with E-state index in [2.05, 4.69) is 11.9 Å². The van der Waals surface area contributed by atoms with Crippen LogP contribution < -0.4 is 0 Å². The third-order valence-corrected chi connectivity index (χ3v) is 3.03. The Hall–Kier alpha value is -1.97. The predicted octanol–water partition coefficient (Wildman–Crippen LogP) is 2.94. The highest BCUT2D eigenvalue weighted by Crippen LogP contribution is 2.20. The van der Waals surface area contributed by atoms with Gasteiger partial charge in [0.25, 0.3) is 0 Å². The van der Waals surface area contributed by atoms with Crippen LogP contribution in [0.5, 0.6) is 0 Å². The quantitative estimate of drug-likeness (QED) is 0.737. The molecule has 1 aromatic rings. The highest BCUT2D eigenvalue weighted by Gasteiger charge is 2.27. The van der Waals surface area contributed by atoms with Gasteiger partial charge in [-0.15, -0.1) is 0 Å². The fourth-order valence-corrected chi connectivity index (χ4v) is 1.99. The maximum absolute atomic E-state index is 12.1. The van der Waals surface area contributed by atoms with E-state index in [9.17, 15) is 9.59 Å². The van der Waals surface area contributed by atoms with Crippen LogP contribution in [0.1, 0.15) is 53.5 Å². The van der Waals surface area contributed by atoms with E-state index in [1.165, 1.54) is 12.3 Å². The molecule has 0 fully saturated rings. The standard InChI is InChI=1S/C15H17NO3/c1-2-3-4-5-9-19-13-10-12(17)14-11(15(13)18)7-6-8-16-14/h6-8,10H,2-5,9H2,1H3. The van der Waals surface area contributed by atoms with Gasteiger partial charge in [-0.25, -0.2) is 0 Å². The normalized spacial score (nSPS) is 14.1. The number of carbonyl (C=O) groups excluding carboxylic acids is 2. The molecular weight excluding hydrogens is 242 g/mol. The first kappa shape index (κ1) is 13.5. The van der Waals surface area contributed by atoms with Gasteiger partial charge in [0.2, 0.25) is 11.6 Å². The first-order chi connectivity index (χ1) is 9.24. The average Bonchev–Trinajstić information content (AvgIpc) is 2.44. The topological polar surface area (TPSA) is 56.3 Å². The van der Waals surface area contributed by atoms with Crippen molar-refractivity contribution in [2.75, 3.05) is 6.61 Å². The lowest BCUT2D eigenvalue weighted by molar-refractivity contribution is 0.0877. The van der Waals surface area contributed by atoms with Gasteiger partial charge in [0.15, 0.2) is 5.76 Å². The van der Waals surface area contributed by atoms with E-state index in [4.69, 9.17) is 4.74 Å². The van der Waals surface area contributed by atoms with Crippen molar-refractivity contribution in [3.05, 3.63) is 41.4 Å². The summed E-state index contributed by atoms with van der Waals surface area (Å²) in [6, 6.07) is 3.25. The van der Waals surface area contributed by atoms with Gasteiger partial charge < -0.3 is 4.74 Å². The first-order valence-electron chi connectivity index (χ1n) is 6.62. The summed E-state index contributed by atoms with van der Waals surface area (Å²) in [5.74, 6) is -0.376. The fraction of sp³-hybridized carbons (Fsp3) is 0.400. The van der Waals surface area contributed by atoms with Crippen molar-refractivity contribution in [1.82, 2.24) is 4.98 Å². The molecule has 19 heavy (non-hydrogen) atoms. The van der Waals surface area contributed by atoms with E-state index in [-0.39, 0.29) is 23.0 Å². The number of hydrogen-bond acceptors (Lipinski definition) is 4. The molecule has 4 heteroatoms. The monoisotopic (exact) mass is 259 g/mol. The van der Waals surface area contributed by atoms with Crippen LogP contribution in [-0.4, -0.2) is 23.2 Å². The molecule has 4 nitrogen and oxygen atoms in total. The Morgan fingerprint density at radius 1 is 1.21 bits per heavy atom. The molecule has 0 amide bonds. The Labute approximate surface area is 112 Å². The lowest BCUT2D eigenvalue weighted by Crippen LogP contribution is -2.20. The van der Waals surface area contributed by atoms with Crippen molar-refractivity contribution < 1.29 is 14.3 Å². The molecule has 1 aromatic heterocycles. The summed E-state index contributed by atoms with van der Waals surface area (Å²) in [7, 11) is 0. The van der Waals surface area contributed by atoms with E-state index < -0.39 is 0 Å². The molecule has 0 aliphatic heterocycles. The Morgan fingerprint density at radius 3 is 2.84 bits per heavy atom. The minimum atomic E-state index is -0.265. The number of allylic oxidation sites excluding steroid dienone is 2. The number of ketones is 2. The van der Waals surface area contributed by atoms with Crippen molar-refractivity contribution >= 4 is 11.6 Å². The molecule has 1 aliphatic carbocycles. The fourth-order valence-electron chi connectivity index (χ4n) is 1.99. The zero-order valence-electron chi connectivity index (χ0n) is 11.0. The molecular formula is C15H17NO3. The number of Topliss-reactive ketones (excluding diaryl/α,β-unsaturated/α-hetero) is 1. The SMILES string of the molecule is CCCCCCOC1=CC(=O)c2ncccc2C1=O. The van der Waals surface area contributed by atoms with Gasteiger partial charge in [-0.1, -0.05) is 26.2 Å². The lowest BCUT2D eigenvalue weighted by Gasteiger charge is -2.14.